The van der Waals surface area contributed by atoms with E-state index >= 15 is 0 Å². The minimum absolute atomic E-state index is 0.286. The van der Waals surface area contributed by atoms with E-state index < -0.39 is 0 Å². The molecule has 0 aliphatic rings. The van der Waals surface area contributed by atoms with Crippen molar-refractivity contribution in [3.63, 3.8) is 0 Å². The number of hydrogen-bond donors (Lipinski definition) is 1. The van der Waals surface area contributed by atoms with Crippen molar-refractivity contribution in [2.24, 2.45) is 0 Å². The topological polar surface area (TPSA) is 29.5 Å². The number of phenols is 1. The van der Waals surface area contributed by atoms with Gasteiger partial charge in [0.25, 0.3) is 0 Å². The van der Waals surface area contributed by atoms with E-state index in [0.717, 1.165) is 27.7 Å². The van der Waals surface area contributed by atoms with E-state index in [1.165, 1.54) is 0 Å². The average molecular weight is 268 g/mol. The fraction of sp³-hybridized carbons (Fsp3) is 0.357. The van der Waals surface area contributed by atoms with Crippen LogP contribution in [0.2, 0.25) is 0 Å². The predicted molar refractivity (Wildman–Crippen MR) is 65.7 cm³/mol. The first-order chi connectivity index (χ1) is 8.06. The van der Waals surface area contributed by atoms with Gasteiger partial charge in [-0.25, -0.2) is 0 Å². The van der Waals surface area contributed by atoms with Crippen molar-refractivity contribution in [3.8, 4) is 17.6 Å². The van der Waals surface area contributed by atoms with Crippen molar-refractivity contribution in [3.05, 3.63) is 28.8 Å². The van der Waals surface area contributed by atoms with Crippen LogP contribution in [0.1, 0.15) is 30.0 Å². The molecule has 0 unspecified atom stereocenters. The molecule has 0 atom stereocenters. The summed E-state index contributed by atoms with van der Waals surface area (Å²) in [6, 6.07) is 3.46. The van der Waals surface area contributed by atoms with Crippen LogP contribution in [0, 0.1) is 25.7 Å². The fourth-order valence-corrected chi connectivity index (χ4v) is 2.29. The third-order valence-electron chi connectivity index (χ3n) is 2.36. The molecule has 1 aromatic carbocycles. The van der Waals surface area contributed by atoms with Crippen molar-refractivity contribution < 1.29 is 25.7 Å². The summed E-state index contributed by atoms with van der Waals surface area (Å²) in [6.45, 7) is 6.29. The molecule has 3 heteroatoms. The molecule has 0 aromatic heterocycles. The van der Waals surface area contributed by atoms with Crippen molar-refractivity contribution in [1.82, 2.24) is 0 Å². The predicted octanol–water partition coefficient (Wildman–Crippen LogP) is 2.46. The molecule has 17 heavy (non-hydrogen) atoms. The monoisotopic (exact) mass is 268 g/mol. The molecule has 0 radical (unpaired) electrons. The Kier molecular flexibility index (Phi) is 5.46. The Morgan fingerprint density at radius 3 is 2.47 bits per heavy atom. The average Bonchev–Trinajstić information content (AvgIpc) is 2.23. The first kappa shape index (κ1) is 14.0. The Morgan fingerprint density at radius 1 is 1.35 bits per heavy atom. The van der Waals surface area contributed by atoms with E-state index in [-0.39, 0.29) is 5.75 Å². The Bertz CT molecular complexity index is 458. The number of rotatable bonds is 4. The summed E-state index contributed by atoms with van der Waals surface area (Å²) in [5.41, 5.74) is 3.02. The van der Waals surface area contributed by atoms with Gasteiger partial charge in [-0.15, -0.1) is 0 Å². The van der Waals surface area contributed by atoms with Crippen molar-refractivity contribution in [2.45, 2.75) is 27.2 Å². The quantitative estimate of drug-likeness (QED) is 0.671. The number of ether oxygens (including phenoxy) is 1. The molecule has 0 saturated heterocycles. The molecule has 0 fully saturated rings. The molecule has 0 saturated carbocycles. The zero-order valence-electron chi connectivity index (χ0n) is 10.3. The van der Waals surface area contributed by atoms with E-state index in [9.17, 15) is 5.11 Å². The molecule has 0 aliphatic heterocycles. The number of aromatic hydroxyl groups is 1. The second kappa shape index (κ2) is 6.62. The van der Waals surface area contributed by atoms with Crippen molar-refractivity contribution in [2.75, 3.05) is 6.61 Å². The van der Waals surface area contributed by atoms with Crippen LogP contribution < -0.4 is 0 Å². The van der Waals surface area contributed by atoms with Crippen LogP contribution in [0.5, 0.6) is 5.75 Å². The molecule has 1 N–H and O–H groups in total. The summed E-state index contributed by atoms with van der Waals surface area (Å²) in [6.07, 6.45) is 0.720. The van der Waals surface area contributed by atoms with E-state index in [2.05, 4.69) is 27.7 Å². The van der Waals surface area contributed by atoms with Gasteiger partial charge < -0.3 is 0 Å². The van der Waals surface area contributed by atoms with Crippen LogP contribution in [0.25, 0.3) is 0 Å². The first-order valence-corrected chi connectivity index (χ1v) is 6.07. The van der Waals surface area contributed by atoms with E-state index in [1.807, 2.05) is 20.8 Å². The third kappa shape index (κ3) is 4.02. The van der Waals surface area contributed by atoms with Crippen LogP contribution in [0.3, 0.4) is 0 Å². The molecule has 0 aliphatic carbocycles. The van der Waals surface area contributed by atoms with Gasteiger partial charge in [0.05, 0.1) is 0 Å². The molecule has 90 valence electrons. The van der Waals surface area contributed by atoms with Crippen LogP contribution >= 0.6 is 0 Å². The van der Waals surface area contributed by atoms with Gasteiger partial charge in [0.15, 0.2) is 0 Å². The third-order valence-corrected chi connectivity index (χ3v) is 2.86. The summed E-state index contributed by atoms with van der Waals surface area (Å²) < 4.78 is 6.37. The zero-order chi connectivity index (χ0) is 12.8. The summed E-state index contributed by atoms with van der Waals surface area (Å²) >= 11 is 2.94. The Labute approximate surface area is 111 Å². The first-order valence-electron chi connectivity index (χ1n) is 5.43. The zero-order valence-corrected chi connectivity index (χ0v) is 11.6. The molecular formula is C14H16CrO2. The number of benzene rings is 1. The Balaban J connectivity index is 2.77. The van der Waals surface area contributed by atoms with Gasteiger partial charge in [-0.1, -0.05) is 0 Å². The number of aryl methyl sites for hydroxylation is 2. The van der Waals surface area contributed by atoms with E-state index in [4.69, 9.17) is 4.74 Å². The Hall–Kier alpha value is -1.06. The minimum atomic E-state index is 0.286. The summed E-state index contributed by atoms with van der Waals surface area (Å²) in [5, 5.41) is 9.47. The van der Waals surface area contributed by atoms with Crippen LogP contribution in [0.4, 0.5) is 0 Å². The van der Waals surface area contributed by atoms with Gasteiger partial charge >= 0.3 is 110 Å². The molecule has 1 rings (SSSR count). The molecule has 1 aromatic rings. The molecule has 0 spiro atoms. The standard InChI is InChI=1S/C14H16O2.Cr/c1-4-5-6-7-16-10-14-11(2)8-13(15)9-12(14)3;/h8-9,15H,6-7H2,1-3H3;. The van der Waals surface area contributed by atoms with Crippen molar-refractivity contribution >= 4 is 4.57 Å². The van der Waals surface area contributed by atoms with E-state index in [0.29, 0.717) is 6.61 Å². The Morgan fingerprint density at radius 2 is 1.94 bits per heavy atom. The van der Waals surface area contributed by atoms with Crippen molar-refractivity contribution in [1.29, 1.82) is 0 Å². The molecular weight excluding hydrogens is 252 g/mol. The van der Waals surface area contributed by atoms with E-state index in [1.54, 1.807) is 12.1 Å². The van der Waals surface area contributed by atoms with Gasteiger partial charge in [0, 0.05) is 0 Å². The van der Waals surface area contributed by atoms with Crippen LogP contribution in [-0.2, 0) is 20.6 Å². The summed E-state index contributed by atoms with van der Waals surface area (Å²) in [7, 11) is 0. The maximum absolute atomic E-state index is 9.47. The molecule has 2 nitrogen and oxygen atoms in total. The van der Waals surface area contributed by atoms with Crippen LogP contribution in [0.15, 0.2) is 12.1 Å². The normalized spacial score (nSPS) is 9.59. The summed E-state index contributed by atoms with van der Waals surface area (Å²) in [5.74, 6) is 6.07. The van der Waals surface area contributed by atoms with Gasteiger partial charge in [0.2, 0.25) is 0 Å². The second-order valence-corrected chi connectivity index (χ2v) is 4.35. The molecule has 0 heterocycles. The second-order valence-electron chi connectivity index (χ2n) is 3.77. The van der Waals surface area contributed by atoms with Gasteiger partial charge in [-0.05, 0) is 0 Å². The maximum atomic E-state index is 9.47. The van der Waals surface area contributed by atoms with Gasteiger partial charge in [-0.2, -0.15) is 0 Å². The number of hydrogen-bond acceptors (Lipinski definition) is 2. The van der Waals surface area contributed by atoms with Gasteiger partial charge in [0.1, 0.15) is 0 Å². The van der Waals surface area contributed by atoms with Crippen LogP contribution in [-0.4, -0.2) is 16.3 Å². The fourth-order valence-electron chi connectivity index (χ4n) is 1.65. The summed E-state index contributed by atoms with van der Waals surface area (Å²) in [4.78, 5) is 0. The molecule has 0 bridgehead atoms. The molecule has 0 amide bonds. The SMILES string of the molecule is CC#CCCO[C](=[Cr])c1c(C)cc(O)cc1C. The number of phenolic OH excluding ortho intramolecular Hbond substituents is 1. The van der Waals surface area contributed by atoms with Gasteiger partial charge in [-0.3, -0.25) is 0 Å².